The summed E-state index contributed by atoms with van der Waals surface area (Å²) in [5, 5.41) is 1.13. The van der Waals surface area contributed by atoms with Gasteiger partial charge >= 0.3 is 0 Å². The van der Waals surface area contributed by atoms with Gasteiger partial charge in [-0.3, -0.25) is 0 Å². The maximum Gasteiger partial charge on any atom is 0.127 e. The second kappa shape index (κ2) is 5.62. The van der Waals surface area contributed by atoms with E-state index in [1.165, 1.54) is 5.56 Å². The van der Waals surface area contributed by atoms with Crippen LogP contribution < -0.4 is 0 Å². The fourth-order valence-corrected chi connectivity index (χ4v) is 2.46. The average molecular weight is 292 g/mol. The molecule has 21 heavy (non-hydrogen) atoms. The number of hydrogen-bond donors (Lipinski definition) is 0. The molecule has 0 saturated heterocycles. The van der Waals surface area contributed by atoms with Gasteiger partial charge in [-0.1, -0.05) is 66.8 Å². The molecule has 3 heteroatoms. The molecule has 104 valence electrons. The van der Waals surface area contributed by atoms with Crippen molar-refractivity contribution in [1.29, 1.82) is 0 Å². The molecule has 2 nitrogen and oxygen atoms in total. The quantitative estimate of drug-likeness (QED) is 0.660. The highest BCUT2D eigenvalue weighted by Crippen LogP contribution is 2.27. The summed E-state index contributed by atoms with van der Waals surface area (Å²) >= 11 is 5.43. The van der Waals surface area contributed by atoms with Crippen LogP contribution >= 0.6 is 12.2 Å². The van der Waals surface area contributed by atoms with Crippen molar-refractivity contribution in [2.45, 2.75) is 0 Å². The molecule has 1 aromatic heterocycles. The van der Waals surface area contributed by atoms with Gasteiger partial charge in [0.05, 0.1) is 11.2 Å². The van der Waals surface area contributed by atoms with Gasteiger partial charge in [-0.05, 0) is 11.6 Å². The third-order valence-electron chi connectivity index (χ3n) is 3.43. The highest BCUT2D eigenvalue weighted by Gasteiger charge is 2.09. The Labute approximate surface area is 130 Å². The van der Waals surface area contributed by atoms with E-state index in [1.807, 2.05) is 43.3 Å². The summed E-state index contributed by atoms with van der Waals surface area (Å²) in [4.78, 5) is 7.45. The highest BCUT2D eigenvalue weighted by atomic mass is 32.1. The van der Waals surface area contributed by atoms with Crippen LogP contribution in [0.1, 0.15) is 5.69 Å². The average Bonchev–Trinajstić information content (AvgIpc) is 2.53. The standard InChI is InChI=1S/C18H16N2S/c1-20(2)18(21)16-12-11-14-9-6-10-15(17(14)19-16)13-7-4-3-5-8-13/h3-12H,1-2H3. The van der Waals surface area contributed by atoms with E-state index < -0.39 is 0 Å². The summed E-state index contributed by atoms with van der Waals surface area (Å²) in [5.41, 5.74) is 4.14. The fraction of sp³-hybridized carbons (Fsp3) is 0.111. The monoisotopic (exact) mass is 292 g/mol. The third-order valence-corrected chi connectivity index (χ3v) is 4.00. The molecule has 0 saturated carbocycles. The van der Waals surface area contributed by atoms with E-state index in [-0.39, 0.29) is 0 Å². The molecule has 0 amide bonds. The number of aromatic nitrogens is 1. The summed E-state index contributed by atoms with van der Waals surface area (Å²) in [7, 11) is 3.88. The zero-order valence-corrected chi connectivity index (χ0v) is 12.9. The van der Waals surface area contributed by atoms with Gasteiger partial charge in [-0.2, -0.15) is 0 Å². The number of thiocarbonyl (C=S) groups is 1. The second-order valence-electron chi connectivity index (χ2n) is 5.14. The summed E-state index contributed by atoms with van der Waals surface area (Å²) in [5.74, 6) is 0. The topological polar surface area (TPSA) is 16.1 Å². The molecule has 0 atom stereocenters. The zero-order valence-electron chi connectivity index (χ0n) is 12.1. The molecule has 0 aliphatic carbocycles. The third kappa shape index (κ3) is 2.65. The van der Waals surface area contributed by atoms with Crippen molar-refractivity contribution in [3.05, 3.63) is 66.4 Å². The van der Waals surface area contributed by atoms with Crippen molar-refractivity contribution in [2.24, 2.45) is 0 Å². The van der Waals surface area contributed by atoms with E-state index in [2.05, 4.69) is 36.4 Å². The lowest BCUT2D eigenvalue weighted by Gasteiger charge is -2.14. The van der Waals surface area contributed by atoms with E-state index in [0.29, 0.717) is 0 Å². The van der Waals surface area contributed by atoms with E-state index in [0.717, 1.165) is 27.1 Å². The smallest absolute Gasteiger partial charge is 0.127 e. The first-order valence-electron chi connectivity index (χ1n) is 6.83. The molecule has 0 bridgehead atoms. The Hall–Kier alpha value is -2.26. The van der Waals surface area contributed by atoms with Crippen molar-refractivity contribution in [3.8, 4) is 11.1 Å². The Morgan fingerprint density at radius 2 is 1.67 bits per heavy atom. The second-order valence-corrected chi connectivity index (χ2v) is 5.53. The Bertz CT molecular complexity index is 795. The molecule has 3 aromatic rings. The molecule has 0 fully saturated rings. The van der Waals surface area contributed by atoms with Crippen molar-refractivity contribution in [1.82, 2.24) is 9.88 Å². The van der Waals surface area contributed by atoms with Gasteiger partial charge in [0.2, 0.25) is 0 Å². The predicted molar refractivity (Wildman–Crippen MR) is 92.6 cm³/mol. The van der Waals surface area contributed by atoms with Gasteiger partial charge in [-0.15, -0.1) is 0 Å². The van der Waals surface area contributed by atoms with Crippen LogP contribution in [0.5, 0.6) is 0 Å². The van der Waals surface area contributed by atoms with Crippen LogP contribution in [0.2, 0.25) is 0 Å². The van der Waals surface area contributed by atoms with E-state index in [9.17, 15) is 0 Å². The summed E-state index contributed by atoms with van der Waals surface area (Å²) < 4.78 is 0. The first-order chi connectivity index (χ1) is 10.2. The van der Waals surface area contributed by atoms with Gasteiger partial charge in [0.15, 0.2) is 0 Å². The zero-order chi connectivity index (χ0) is 14.8. The Morgan fingerprint density at radius 3 is 2.38 bits per heavy atom. The van der Waals surface area contributed by atoms with Crippen LogP contribution in [0.3, 0.4) is 0 Å². The van der Waals surface area contributed by atoms with Crippen LogP contribution in [0.25, 0.3) is 22.0 Å². The normalized spacial score (nSPS) is 10.6. The van der Waals surface area contributed by atoms with Crippen LogP contribution in [0.15, 0.2) is 60.7 Å². The van der Waals surface area contributed by atoms with E-state index in [1.54, 1.807) is 0 Å². The van der Waals surface area contributed by atoms with Crippen LogP contribution in [-0.2, 0) is 0 Å². The van der Waals surface area contributed by atoms with Gasteiger partial charge in [0, 0.05) is 25.0 Å². The molecular weight excluding hydrogens is 276 g/mol. The first kappa shape index (κ1) is 13.7. The lowest BCUT2D eigenvalue weighted by molar-refractivity contribution is 0.635. The van der Waals surface area contributed by atoms with E-state index in [4.69, 9.17) is 17.2 Å². The molecular formula is C18H16N2S. The molecule has 1 heterocycles. The number of para-hydroxylation sites is 1. The minimum atomic E-state index is 0.750. The molecule has 3 rings (SSSR count). The molecule has 0 aliphatic heterocycles. The summed E-state index contributed by atoms with van der Waals surface area (Å²) in [6, 6.07) is 20.6. The van der Waals surface area contributed by atoms with Gasteiger partial charge in [0.1, 0.15) is 4.99 Å². The van der Waals surface area contributed by atoms with Gasteiger partial charge < -0.3 is 4.90 Å². The number of pyridine rings is 1. The van der Waals surface area contributed by atoms with Crippen LogP contribution in [-0.4, -0.2) is 29.0 Å². The number of rotatable bonds is 2. The van der Waals surface area contributed by atoms with Gasteiger partial charge in [0.25, 0.3) is 0 Å². The van der Waals surface area contributed by atoms with Crippen molar-refractivity contribution >= 4 is 28.1 Å². The first-order valence-corrected chi connectivity index (χ1v) is 7.24. The SMILES string of the molecule is CN(C)C(=S)c1ccc2cccc(-c3ccccc3)c2n1. The highest BCUT2D eigenvalue weighted by molar-refractivity contribution is 7.80. The predicted octanol–water partition coefficient (Wildman–Crippen LogP) is 4.14. The van der Waals surface area contributed by atoms with Crippen LogP contribution in [0.4, 0.5) is 0 Å². The van der Waals surface area contributed by atoms with Crippen molar-refractivity contribution < 1.29 is 0 Å². The molecule has 0 unspecified atom stereocenters. The molecule has 0 N–H and O–H groups in total. The minimum absolute atomic E-state index is 0.750. The molecule has 0 aliphatic rings. The van der Waals surface area contributed by atoms with Crippen molar-refractivity contribution in [2.75, 3.05) is 14.1 Å². The lowest BCUT2D eigenvalue weighted by atomic mass is 10.0. The van der Waals surface area contributed by atoms with Crippen LogP contribution in [0, 0.1) is 0 Å². The number of benzene rings is 2. The Kier molecular flexibility index (Phi) is 3.67. The maximum absolute atomic E-state index is 5.43. The Balaban J connectivity index is 2.22. The fourth-order valence-electron chi connectivity index (χ4n) is 2.35. The van der Waals surface area contributed by atoms with E-state index >= 15 is 0 Å². The summed E-state index contributed by atoms with van der Waals surface area (Å²) in [6.45, 7) is 0. The maximum atomic E-state index is 5.43. The van der Waals surface area contributed by atoms with Crippen molar-refractivity contribution in [3.63, 3.8) is 0 Å². The number of hydrogen-bond acceptors (Lipinski definition) is 2. The minimum Gasteiger partial charge on any atom is -0.367 e. The van der Waals surface area contributed by atoms with Gasteiger partial charge in [-0.25, -0.2) is 4.98 Å². The molecule has 0 radical (unpaired) electrons. The lowest BCUT2D eigenvalue weighted by Crippen LogP contribution is -2.21. The number of nitrogens with zero attached hydrogens (tertiary/aromatic N) is 2. The molecule has 0 spiro atoms. The largest absolute Gasteiger partial charge is 0.367 e. The molecule has 2 aromatic carbocycles. The number of fused-ring (bicyclic) bond motifs is 1. The summed E-state index contributed by atoms with van der Waals surface area (Å²) in [6.07, 6.45) is 0. The Morgan fingerprint density at radius 1 is 0.905 bits per heavy atom.